The van der Waals surface area contributed by atoms with Gasteiger partial charge in [0.2, 0.25) is 0 Å². The van der Waals surface area contributed by atoms with E-state index in [1.807, 2.05) is 13.2 Å². The quantitative estimate of drug-likeness (QED) is 0.639. The van der Waals surface area contributed by atoms with Crippen LogP contribution >= 0.6 is 11.8 Å². The molecule has 2 saturated heterocycles. The zero-order valence-electron chi connectivity index (χ0n) is 13.9. The second kappa shape index (κ2) is 8.43. The SMILES string of the molecule is CN=C(NCc1ccc(N2CCCC2)nc1)NCC1CCCS1. The van der Waals surface area contributed by atoms with Crippen molar-refractivity contribution in [1.82, 2.24) is 15.6 Å². The molecular weight excluding hydrogens is 306 g/mol. The summed E-state index contributed by atoms with van der Waals surface area (Å²) >= 11 is 2.06. The topological polar surface area (TPSA) is 52.6 Å². The average molecular weight is 334 g/mol. The van der Waals surface area contributed by atoms with E-state index in [0.717, 1.165) is 43.2 Å². The fourth-order valence-corrected chi connectivity index (χ4v) is 4.28. The molecular formula is C17H27N5S. The fraction of sp³-hybridized carbons (Fsp3) is 0.647. The summed E-state index contributed by atoms with van der Waals surface area (Å²) in [4.78, 5) is 11.3. The molecule has 0 aromatic carbocycles. The molecule has 3 rings (SSSR count). The van der Waals surface area contributed by atoms with Crippen molar-refractivity contribution in [3.63, 3.8) is 0 Å². The van der Waals surface area contributed by atoms with Gasteiger partial charge in [0.05, 0.1) is 0 Å². The van der Waals surface area contributed by atoms with E-state index in [9.17, 15) is 0 Å². The summed E-state index contributed by atoms with van der Waals surface area (Å²) < 4.78 is 0. The Labute approximate surface area is 143 Å². The summed E-state index contributed by atoms with van der Waals surface area (Å²) in [5.74, 6) is 3.28. The van der Waals surface area contributed by atoms with Crippen molar-refractivity contribution >= 4 is 23.5 Å². The maximum atomic E-state index is 4.60. The number of anilines is 1. The van der Waals surface area contributed by atoms with E-state index >= 15 is 0 Å². The Morgan fingerprint density at radius 2 is 2.17 bits per heavy atom. The minimum atomic E-state index is 0.731. The van der Waals surface area contributed by atoms with Crippen molar-refractivity contribution in [3.8, 4) is 0 Å². The van der Waals surface area contributed by atoms with Crippen molar-refractivity contribution in [1.29, 1.82) is 0 Å². The minimum Gasteiger partial charge on any atom is -0.357 e. The van der Waals surface area contributed by atoms with Crippen LogP contribution in [0, 0.1) is 0 Å². The second-order valence-electron chi connectivity index (χ2n) is 6.16. The van der Waals surface area contributed by atoms with Gasteiger partial charge < -0.3 is 15.5 Å². The maximum Gasteiger partial charge on any atom is 0.191 e. The molecule has 3 heterocycles. The lowest BCUT2D eigenvalue weighted by molar-refractivity contribution is 0.725. The van der Waals surface area contributed by atoms with E-state index in [0.29, 0.717) is 0 Å². The Morgan fingerprint density at radius 1 is 1.30 bits per heavy atom. The molecule has 6 heteroatoms. The molecule has 0 saturated carbocycles. The highest BCUT2D eigenvalue weighted by atomic mass is 32.2. The standard InChI is InChI=1S/C17H27N5S/c1-18-17(21-13-15-5-4-10-23-15)20-12-14-6-7-16(19-11-14)22-8-2-3-9-22/h6-7,11,15H,2-5,8-10,12-13H2,1H3,(H2,18,20,21). The normalized spacial score (nSPS) is 21.7. The first-order valence-corrected chi connectivity index (χ1v) is 9.66. The number of hydrogen-bond acceptors (Lipinski definition) is 4. The lowest BCUT2D eigenvalue weighted by Crippen LogP contribution is -2.39. The van der Waals surface area contributed by atoms with E-state index in [1.165, 1.54) is 37.0 Å². The highest BCUT2D eigenvalue weighted by Crippen LogP contribution is 2.25. The van der Waals surface area contributed by atoms with Crippen LogP contribution in [0.2, 0.25) is 0 Å². The molecule has 5 nitrogen and oxygen atoms in total. The molecule has 1 unspecified atom stereocenters. The first-order chi connectivity index (χ1) is 11.3. The van der Waals surface area contributed by atoms with Crippen LogP contribution in [0.4, 0.5) is 5.82 Å². The van der Waals surface area contributed by atoms with E-state index in [1.54, 1.807) is 0 Å². The van der Waals surface area contributed by atoms with Crippen LogP contribution < -0.4 is 15.5 Å². The fourth-order valence-electron chi connectivity index (χ4n) is 3.08. The van der Waals surface area contributed by atoms with Crippen molar-refractivity contribution in [2.75, 3.05) is 37.3 Å². The molecule has 2 aliphatic rings. The number of aromatic nitrogens is 1. The Hall–Kier alpha value is -1.43. The number of nitrogens with zero attached hydrogens (tertiary/aromatic N) is 3. The molecule has 1 aromatic heterocycles. The molecule has 0 spiro atoms. The summed E-state index contributed by atoms with van der Waals surface area (Å²) in [7, 11) is 1.83. The monoisotopic (exact) mass is 333 g/mol. The number of pyridine rings is 1. The number of thioether (sulfide) groups is 1. The van der Waals surface area contributed by atoms with Gasteiger partial charge in [-0.3, -0.25) is 4.99 Å². The van der Waals surface area contributed by atoms with E-state index < -0.39 is 0 Å². The van der Waals surface area contributed by atoms with Gasteiger partial charge in [-0.25, -0.2) is 4.98 Å². The molecule has 23 heavy (non-hydrogen) atoms. The highest BCUT2D eigenvalue weighted by Gasteiger charge is 2.15. The summed E-state index contributed by atoms with van der Waals surface area (Å²) in [6.45, 7) is 4.03. The first-order valence-electron chi connectivity index (χ1n) is 8.61. The van der Waals surface area contributed by atoms with Crippen LogP contribution in [0.1, 0.15) is 31.2 Å². The number of guanidine groups is 1. The molecule has 0 bridgehead atoms. The first kappa shape index (κ1) is 16.4. The van der Waals surface area contributed by atoms with Crippen LogP contribution in [-0.2, 0) is 6.54 Å². The summed E-state index contributed by atoms with van der Waals surface area (Å²) in [6.07, 6.45) is 7.20. The zero-order valence-corrected chi connectivity index (χ0v) is 14.7. The molecule has 0 radical (unpaired) electrons. The Balaban J connectivity index is 1.44. The minimum absolute atomic E-state index is 0.731. The van der Waals surface area contributed by atoms with Gasteiger partial charge in [-0.05, 0) is 43.1 Å². The molecule has 2 aliphatic heterocycles. The van der Waals surface area contributed by atoms with E-state index in [2.05, 4.69) is 49.4 Å². The Morgan fingerprint density at radius 3 is 2.83 bits per heavy atom. The van der Waals surface area contributed by atoms with Crippen LogP contribution in [0.5, 0.6) is 0 Å². The molecule has 2 N–H and O–H groups in total. The van der Waals surface area contributed by atoms with Gasteiger partial charge in [-0.1, -0.05) is 6.07 Å². The number of aliphatic imine (C=N–C) groups is 1. The molecule has 126 valence electrons. The Kier molecular flexibility index (Phi) is 6.02. The lowest BCUT2D eigenvalue weighted by Gasteiger charge is -2.17. The second-order valence-corrected chi connectivity index (χ2v) is 7.57. The Bertz CT molecular complexity index is 504. The summed E-state index contributed by atoms with van der Waals surface area (Å²) in [5.41, 5.74) is 1.19. The largest absolute Gasteiger partial charge is 0.357 e. The van der Waals surface area contributed by atoms with Gasteiger partial charge in [0.25, 0.3) is 0 Å². The predicted molar refractivity (Wildman–Crippen MR) is 99.4 cm³/mol. The third kappa shape index (κ3) is 4.77. The van der Waals surface area contributed by atoms with Crippen LogP contribution in [0.25, 0.3) is 0 Å². The van der Waals surface area contributed by atoms with E-state index in [-0.39, 0.29) is 0 Å². The molecule has 0 aliphatic carbocycles. The third-order valence-corrected chi connectivity index (χ3v) is 5.84. The molecule has 2 fully saturated rings. The van der Waals surface area contributed by atoms with Gasteiger partial charge >= 0.3 is 0 Å². The smallest absolute Gasteiger partial charge is 0.191 e. The summed E-state index contributed by atoms with van der Waals surface area (Å²) in [6, 6.07) is 4.29. The van der Waals surface area contributed by atoms with Crippen molar-refractivity contribution in [3.05, 3.63) is 23.9 Å². The molecule has 1 atom stereocenters. The predicted octanol–water partition coefficient (Wildman–Crippen LogP) is 2.24. The zero-order chi connectivity index (χ0) is 15.9. The number of rotatable bonds is 5. The average Bonchev–Trinajstić information content (AvgIpc) is 3.29. The third-order valence-electron chi connectivity index (χ3n) is 4.44. The van der Waals surface area contributed by atoms with Crippen LogP contribution in [0.3, 0.4) is 0 Å². The molecule has 1 aromatic rings. The number of nitrogens with one attached hydrogen (secondary N) is 2. The van der Waals surface area contributed by atoms with Gasteiger partial charge in [-0.2, -0.15) is 11.8 Å². The van der Waals surface area contributed by atoms with Crippen LogP contribution in [0.15, 0.2) is 23.3 Å². The molecule has 0 amide bonds. The van der Waals surface area contributed by atoms with Gasteiger partial charge in [-0.15, -0.1) is 0 Å². The van der Waals surface area contributed by atoms with Crippen molar-refractivity contribution in [2.24, 2.45) is 4.99 Å². The van der Waals surface area contributed by atoms with Gasteiger partial charge in [0.1, 0.15) is 5.82 Å². The number of hydrogen-bond donors (Lipinski definition) is 2. The summed E-state index contributed by atoms with van der Waals surface area (Å²) in [5, 5.41) is 7.53. The van der Waals surface area contributed by atoms with Crippen molar-refractivity contribution < 1.29 is 0 Å². The highest BCUT2D eigenvalue weighted by molar-refractivity contribution is 8.00. The van der Waals surface area contributed by atoms with Gasteiger partial charge in [0, 0.05) is 44.7 Å². The van der Waals surface area contributed by atoms with Crippen LogP contribution in [-0.4, -0.2) is 48.6 Å². The lowest BCUT2D eigenvalue weighted by atomic mass is 10.2. The van der Waals surface area contributed by atoms with Gasteiger partial charge in [0.15, 0.2) is 5.96 Å². The van der Waals surface area contributed by atoms with E-state index in [4.69, 9.17) is 0 Å². The van der Waals surface area contributed by atoms with Crippen molar-refractivity contribution in [2.45, 2.75) is 37.5 Å². The maximum absolute atomic E-state index is 4.60.